The van der Waals surface area contributed by atoms with Crippen molar-refractivity contribution in [2.75, 3.05) is 20.1 Å². The van der Waals surface area contributed by atoms with Crippen molar-refractivity contribution in [2.45, 2.75) is 58.8 Å². The first-order valence-electron chi connectivity index (χ1n) is 8.22. The molecule has 0 atom stereocenters. The van der Waals surface area contributed by atoms with Gasteiger partial charge >= 0.3 is 0 Å². The normalized spacial score (nSPS) is 18.0. The van der Waals surface area contributed by atoms with Crippen LogP contribution in [0.4, 0.5) is 0 Å². The zero-order valence-electron chi connectivity index (χ0n) is 14.2. The number of nitrogens with one attached hydrogen (secondary N) is 2. The van der Waals surface area contributed by atoms with E-state index in [4.69, 9.17) is 0 Å². The lowest BCUT2D eigenvalue weighted by Gasteiger charge is -2.35. The molecule has 1 saturated heterocycles. The first-order chi connectivity index (χ1) is 10.6. The standard InChI is InChI=1S/C15H29N7/c1-5-21-11-18-20-14(21)10-17-15(16-4)19-13-6-8-22(9-7-13)12(2)3/h11-13H,5-10H2,1-4H3,(H2,16,17,19). The molecule has 124 valence electrons. The van der Waals surface area contributed by atoms with Gasteiger partial charge in [0.15, 0.2) is 11.8 Å². The third-order valence-corrected chi connectivity index (χ3v) is 4.27. The highest BCUT2D eigenvalue weighted by atomic mass is 15.3. The summed E-state index contributed by atoms with van der Waals surface area (Å²) in [4.78, 5) is 6.84. The van der Waals surface area contributed by atoms with Gasteiger partial charge in [-0.1, -0.05) is 0 Å². The third-order valence-electron chi connectivity index (χ3n) is 4.27. The highest BCUT2D eigenvalue weighted by molar-refractivity contribution is 5.79. The molecule has 1 aromatic heterocycles. The quantitative estimate of drug-likeness (QED) is 0.623. The van der Waals surface area contributed by atoms with E-state index < -0.39 is 0 Å². The van der Waals surface area contributed by atoms with Crippen LogP contribution in [0.15, 0.2) is 11.3 Å². The topological polar surface area (TPSA) is 70.4 Å². The van der Waals surface area contributed by atoms with Gasteiger partial charge in [-0.05, 0) is 33.6 Å². The Labute approximate surface area is 133 Å². The van der Waals surface area contributed by atoms with Gasteiger partial charge in [0, 0.05) is 38.8 Å². The Balaban J connectivity index is 1.79. The summed E-state index contributed by atoms with van der Waals surface area (Å²) in [6.07, 6.45) is 4.07. The van der Waals surface area contributed by atoms with Crippen molar-refractivity contribution >= 4 is 5.96 Å². The molecule has 0 unspecified atom stereocenters. The molecular formula is C15H29N7. The molecule has 22 heavy (non-hydrogen) atoms. The summed E-state index contributed by atoms with van der Waals surface area (Å²) in [6.45, 7) is 10.4. The van der Waals surface area contributed by atoms with Crippen molar-refractivity contribution in [1.82, 2.24) is 30.3 Å². The van der Waals surface area contributed by atoms with Gasteiger partial charge in [-0.15, -0.1) is 10.2 Å². The number of aromatic nitrogens is 3. The predicted molar refractivity (Wildman–Crippen MR) is 88.8 cm³/mol. The Morgan fingerprint density at radius 2 is 2.14 bits per heavy atom. The number of guanidine groups is 1. The predicted octanol–water partition coefficient (Wildman–Crippen LogP) is 0.836. The fourth-order valence-electron chi connectivity index (χ4n) is 2.79. The Morgan fingerprint density at radius 3 is 2.73 bits per heavy atom. The Morgan fingerprint density at radius 1 is 1.41 bits per heavy atom. The lowest BCUT2D eigenvalue weighted by Crippen LogP contribution is -2.49. The van der Waals surface area contributed by atoms with Crippen LogP contribution in [0.2, 0.25) is 0 Å². The van der Waals surface area contributed by atoms with Crippen LogP contribution in [0.5, 0.6) is 0 Å². The van der Waals surface area contributed by atoms with Gasteiger partial charge in [0.1, 0.15) is 6.33 Å². The number of likely N-dealkylation sites (tertiary alicyclic amines) is 1. The van der Waals surface area contributed by atoms with E-state index >= 15 is 0 Å². The van der Waals surface area contributed by atoms with Gasteiger partial charge in [0.25, 0.3) is 0 Å². The number of rotatable bonds is 5. The van der Waals surface area contributed by atoms with Crippen LogP contribution >= 0.6 is 0 Å². The van der Waals surface area contributed by atoms with Gasteiger partial charge < -0.3 is 20.1 Å². The van der Waals surface area contributed by atoms with Crippen molar-refractivity contribution in [1.29, 1.82) is 0 Å². The van der Waals surface area contributed by atoms with E-state index in [1.165, 1.54) is 0 Å². The van der Waals surface area contributed by atoms with Crippen molar-refractivity contribution in [3.63, 3.8) is 0 Å². The van der Waals surface area contributed by atoms with Crippen LogP contribution in [0.25, 0.3) is 0 Å². The minimum atomic E-state index is 0.491. The fraction of sp³-hybridized carbons (Fsp3) is 0.800. The van der Waals surface area contributed by atoms with Crippen molar-refractivity contribution < 1.29 is 0 Å². The number of nitrogens with zero attached hydrogens (tertiary/aromatic N) is 5. The van der Waals surface area contributed by atoms with Crippen LogP contribution in [0, 0.1) is 0 Å². The number of piperidine rings is 1. The monoisotopic (exact) mass is 307 g/mol. The number of hydrogen-bond acceptors (Lipinski definition) is 4. The first-order valence-corrected chi connectivity index (χ1v) is 8.22. The van der Waals surface area contributed by atoms with Crippen LogP contribution in [-0.4, -0.2) is 57.8 Å². The summed E-state index contributed by atoms with van der Waals surface area (Å²) in [5, 5.41) is 14.9. The molecule has 2 heterocycles. The average Bonchev–Trinajstić information content (AvgIpc) is 2.99. The molecular weight excluding hydrogens is 278 g/mol. The smallest absolute Gasteiger partial charge is 0.191 e. The fourth-order valence-corrected chi connectivity index (χ4v) is 2.79. The highest BCUT2D eigenvalue weighted by Gasteiger charge is 2.21. The molecule has 1 fully saturated rings. The summed E-state index contributed by atoms with van der Waals surface area (Å²) in [5.74, 6) is 1.77. The molecule has 0 spiro atoms. The maximum atomic E-state index is 4.31. The lowest BCUT2D eigenvalue weighted by atomic mass is 10.0. The Hall–Kier alpha value is -1.63. The first kappa shape index (κ1) is 16.7. The van der Waals surface area contributed by atoms with E-state index in [0.29, 0.717) is 18.6 Å². The molecule has 0 aliphatic carbocycles. The molecule has 2 rings (SSSR count). The van der Waals surface area contributed by atoms with Gasteiger partial charge in [-0.2, -0.15) is 0 Å². The second kappa shape index (κ2) is 8.12. The summed E-state index contributed by atoms with van der Waals surface area (Å²) in [5.41, 5.74) is 0. The molecule has 1 aliphatic rings. The minimum absolute atomic E-state index is 0.491. The van der Waals surface area contributed by atoms with E-state index in [0.717, 1.165) is 44.3 Å². The molecule has 0 bridgehead atoms. The van der Waals surface area contributed by atoms with E-state index in [1.54, 1.807) is 6.33 Å². The molecule has 2 N–H and O–H groups in total. The number of hydrogen-bond donors (Lipinski definition) is 2. The van der Waals surface area contributed by atoms with Crippen LogP contribution < -0.4 is 10.6 Å². The Kier molecular flexibility index (Phi) is 6.18. The summed E-state index contributed by atoms with van der Waals surface area (Å²) in [7, 11) is 1.81. The maximum absolute atomic E-state index is 4.31. The molecule has 1 aliphatic heterocycles. The van der Waals surface area contributed by atoms with E-state index in [-0.39, 0.29) is 0 Å². The SMILES string of the molecule is CCn1cnnc1CNC(=NC)NC1CCN(C(C)C)CC1. The van der Waals surface area contributed by atoms with Crippen LogP contribution in [-0.2, 0) is 13.1 Å². The zero-order valence-corrected chi connectivity index (χ0v) is 14.2. The Bertz CT molecular complexity index is 472. The second-order valence-corrected chi connectivity index (χ2v) is 6.01. The summed E-state index contributed by atoms with van der Waals surface area (Å²) >= 11 is 0. The van der Waals surface area contributed by atoms with E-state index in [9.17, 15) is 0 Å². The molecule has 0 amide bonds. The van der Waals surface area contributed by atoms with Gasteiger partial charge in [0.05, 0.1) is 6.54 Å². The van der Waals surface area contributed by atoms with Crippen molar-refractivity contribution in [3.05, 3.63) is 12.2 Å². The van der Waals surface area contributed by atoms with Crippen LogP contribution in [0.3, 0.4) is 0 Å². The van der Waals surface area contributed by atoms with E-state index in [2.05, 4.69) is 51.5 Å². The number of aliphatic imine (C=N–C) groups is 1. The number of aryl methyl sites for hydroxylation is 1. The van der Waals surface area contributed by atoms with Crippen molar-refractivity contribution in [3.8, 4) is 0 Å². The zero-order chi connectivity index (χ0) is 15.9. The van der Waals surface area contributed by atoms with Gasteiger partial charge in [-0.25, -0.2) is 0 Å². The third kappa shape index (κ3) is 4.43. The molecule has 0 aromatic carbocycles. The highest BCUT2D eigenvalue weighted by Crippen LogP contribution is 2.12. The molecule has 1 aromatic rings. The second-order valence-electron chi connectivity index (χ2n) is 6.01. The summed E-state index contributed by atoms with van der Waals surface area (Å²) in [6, 6.07) is 1.13. The summed E-state index contributed by atoms with van der Waals surface area (Å²) < 4.78 is 2.03. The van der Waals surface area contributed by atoms with Crippen molar-refractivity contribution in [2.24, 2.45) is 4.99 Å². The average molecular weight is 307 g/mol. The lowest BCUT2D eigenvalue weighted by molar-refractivity contribution is 0.167. The molecule has 7 nitrogen and oxygen atoms in total. The maximum Gasteiger partial charge on any atom is 0.191 e. The molecule has 7 heteroatoms. The van der Waals surface area contributed by atoms with Crippen LogP contribution in [0.1, 0.15) is 39.4 Å². The van der Waals surface area contributed by atoms with Gasteiger partial charge in [-0.3, -0.25) is 4.99 Å². The molecule has 0 saturated carbocycles. The van der Waals surface area contributed by atoms with Gasteiger partial charge in [0.2, 0.25) is 0 Å². The molecule has 0 radical (unpaired) electrons. The van der Waals surface area contributed by atoms with E-state index in [1.807, 2.05) is 11.6 Å². The minimum Gasteiger partial charge on any atom is -0.354 e. The largest absolute Gasteiger partial charge is 0.354 e.